The normalized spacial score (nSPS) is 27.6. The van der Waals surface area contributed by atoms with E-state index >= 15 is 0 Å². The second-order valence-corrected chi connectivity index (χ2v) is 6.02. The monoisotopic (exact) mass is 191 g/mol. The van der Waals surface area contributed by atoms with Crippen molar-refractivity contribution in [2.75, 3.05) is 0 Å². The molecule has 48 valence electrons. The average Bonchev–Trinajstić information content (AvgIpc) is 1.65. The van der Waals surface area contributed by atoms with E-state index in [4.69, 9.17) is 5.50 Å². The summed E-state index contributed by atoms with van der Waals surface area (Å²) in [6, 6.07) is 0. The minimum atomic E-state index is -3.18. The van der Waals surface area contributed by atoms with Gasteiger partial charge in [0.05, 0.1) is 22.1 Å². The Hall–Kier alpha value is 1.16. The van der Waals surface area contributed by atoms with E-state index in [2.05, 4.69) is 7.94 Å². The molecule has 0 aliphatic carbocycles. The van der Waals surface area contributed by atoms with Gasteiger partial charge in [0, 0.05) is 9.83 Å². The van der Waals surface area contributed by atoms with Crippen LogP contribution in [0.15, 0.2) is 0 Å². The highest BCUT2D eigenvalue weighted by molar-refractivity contribution is 9.08. The Labute approximate surface area is 58.0 Å². The lowest BCUT2D eigenvalue weighted by Crippen LogP contribution is -1.96. The molecule has 8 heteroatoms. The predicted octanol–water partition coefficient (Wildman–Crippen LogP) is 1.96. The number of hydrogen-bond donors (Lipinski definition) is 1. The van der Waals surface area contributed by atoms with Crippen LogP contribution in [-0.4, -0.2) is 0 Å². The van der Waals surface area contributed by atoms with Crippen LogP contribution in [0, 0.1) is 0 Å². The highest BCUT2D eigenvalue weighted by Gasteiger charge is 2.25. The van der Waals surface area contributed by atoms with Crippen molar-refractivity contribution in [3.63, 3.8) is 0 Å². The fourth-order valence-electron chi connectivity index (χ4n) is 0.133. The molecular weight excluding hydrogens is 189 g/mol. The Kier molecular flexibility index (Phi) is 2.57. The summed E-state index contributed by atoms with van der Waals surface area (Å²) >= 11 is 1.94. The number of rotatable bonds is 0. The van der Waals surface area contributed by atoms with Crippen molar-refractivity contribution in [1.82, 2.24) is 0 Å². The summed E-state index contributed by atoms with van der Waals surface area (Å²) in [7, 11) is -1.95. The first-order chi connectivity index (χ1) is 3.71. The van der Waals surface area contributed by atoms with E-state index in [1.807, 2.05) is 0 Å². The SMILES string of the molecule is NP1(=O)OSSSO1. The fourth-order valence-corrected chi connectivity index (χ4v) is 4.94. The van der Waals surface area contributed by atoms with Crippen molar-refractivity contribution in [3.8, 4) is 0 Å². The van der Waals surface area contributed by atoms with E-state index in [1.165, 1.54) is 9.83 Å². The van der Waals surface area contributed by atoms with Crippen molar-refractivity contribution in [2.24, 2.45) is 5.50 Å². The van der Waals surface area contributed by atoms with E-state index in [-0.39, 0.29) is 0 Å². The quantitative estimate of drug-likeness (QED) is 0.356. The first-order valence-electron chi connectivity index (χ1n) is 1.47. The summed E-state index contributed by atoms with van der Waals surface area (Å²) in [5.41, 5.74) is 4.93. The van der Waals surface area contributed by atoms with Gasteiger partial charge in [-0.2, -0.15) is 0 Å². The Morgan fingerprint density at radius 1 is 1.38 bits per heavy atom. The van der Waals surface area contributed by atoms with Crippen LogP contribution >= 0.6 is 39.7 Å². The van der Waals surface area contributed by atoms with Crippen LogP contribution in [0.2, 0.25) is 0 Å². The second kappa shape index (κ2) is 2.83. The van der Waals surface area contributed by atoms with Crippen LogP contribution in [0.3, 0.4) is 0 Å². The summed E-state index contributed by atoms with van der Waals surface area (Å²) in [4.78, 5) is 0. The third-order valence-corrected chi connectivity index (χ3v) is 5.01. The Morgan fingerprint density at radius 2 is 1.88 bits per heavy atom. The zero-order valence-electron chi connectivity index (χ0n) is 3.47. The number of hydrogen-bond acceptors (Lipinski definition) is 6. The number of nitrogens with two attached hydrogens (primary N) is 1. The molecule has 0 unspecified atom stereocenters. The minimum absolute atomic E-state index is 0.968. The Balaban J connectivity index is 2.45. The van der Waals surface area contributed by atoms with Crippen molar-refractivity contribution in [2.45, 2.75) is 0 Å². The molecule has 1 rings (SSSR count). The largest absolute Gasteiger partial charge is 0.426 e. The third kappa shape index (κ3) is 2.18. The molecule has 0 spiro atoms. The fraction of sp³-hybridized carbons (Fsp3) is 0. The highest BCUT2D eigenvalue weighted by atomic mass is 33.5. The lowest BCUT2D eigenvalue weighted by molar-refractivity contribution is 0.436. The molecule has 0 bridgehead atoms. The molecule has 1 aliphatic rings. The first-order valence-corrected chi connectivity index (χ1v) is 6.42. The minimum Gasteiger partial charge on any atom is -0.239 e. The van der Waals surface area contributed by atoms with Crippen molar-refractivity contribution in [3.05, 3.63) is 0 Å². The van der Waals surface area contributed by atoms with Crippen LogP contribution in [-0.2, 0) is 12.5 Å². The van der Waals surface area contributed by atoms with Crippen LogP contribution < -0.4 is 5.50 Å². The predicted molar refractivity (Wildman–Crippen MR) is 36.7 cm³/mol. The van der Waals surface area contributed by atoms with Crippen molar-refractivity contribution in [1.29, 1.82) is 0 Å². The molecule has 0 atom stereocenters. The summed E-state index contributed by atoms with van der Waals surface area (Å²) < 4.78 is 19.4. The van der Waals surface area contributed by atoms with Gasteiger partial charge in [-0.05, 0) is 0 Å². The topological polar surface area (TPSA) is 61.6 Å². The Morgan fingerprint density at radius 3 is 2.12 bits per heavy atom. The molecule has 0 saturated carbocycles. The lowest BCUT2D eigenvalue weighted by Gasteiger charge is -2.12. The molecule has 0 radical (unpaired) electrons. The molecule has 8 heavy (non-hydrogen) atoms. The summed E-state index contributed by atoms with van der Waals surface area (Å²) in [5, 5.41) is 0. The van der Waals surface area contributed by atoms with E-state index in [9.17, 15) is 4.57 Å². The first kappa shape index (κ1) is 7.27. The van der Waals surface area contributed by atoms with Gasteiger partial charge in [-0.25, -0.2) is 18.0 Å². The van der Waals surface area contributed by atoms with Gasteiger partial charge in [0.1, 0.15) is 0 Å². The molecule has 4 nitrogen and oxygen atoms in total. The van der Waals surface area contributed by atoms with Gasteiger partial charge in [0.25, 0.3) is 0 Å². The molecule has 1 saturated heterocycles. The zero-order chi connectivity index (χ0) is 6.04. The lowest BCUT2D eigenvalue weighted by atomic mass is 13.9. The molecule has 1 aliphatic heterocycles. The third-order valence-electron chi connectivity index (χ3n) is 0.324. The molecule has 0 aromatic carbocycles. The van der Waals surface area contributed by atoms with Crippen LogP contribution in [0.4, 0.5) is 0 Å². The van der Waals surface area contributed by atoms with Gasteiger partial charge in [0.15, 0.2) is 0 Å². The molecule has 2 N–H and O–H groups in total. The average molecular weight is 191 g/mol. The van der Waals surface area contributed by atoms with Gasteiger partial charge < -0.3 is 0 Å². The van der Waals surface area contributed by atoms with Gasteiger partial charge in [-0.15, -0.1) is 0 Å². The Bertz CT molecular complexity index is 116. The molecule has 0 aromatic heterocycles. The maximum Gasteiger partial charge on any atom is 0.426 e. The van der Waals surface area contributed by atoms with Crippen molar-refractivity contribution < 1.29 is 12.5 Å². The molecular formula is H2NO3PS3. The van der Waals surface area contributed by atoms with Gasteiger partial charge in [0.2, 0.25) is 0 Å². The van der Waals surface area contributed by atoms with E-state index in [0.29, 0.717) is 0 Å². The summed E-state index contributed by atoms with van der Waals surface area (Å²) in [6.07, 6.45) is 0. The second-order valence-electron chi connectivity index (χ2n) is 0.893. The molecule has 1 fully saturated rings. The molecule has 0 aromatic rings. The van der Waals surface area contributed by atoms with Gasteiger partial charge in [-0.1, -0.05) is 0 Å². The van der Waals surface area contributed by atoms with E-state index < -0.39 is 7.75 Å². The summed E-state index contributed by atoms with van der Waals surface area (Å²) in [5.74, 6) is 0. The smallest absolute Gasteiger partial charge is 0.239 e. The van der Waals surface area contributed by atoms with Crippen LogP contribution in [0.1, 0.15) is 0 Å². The molecule has 0 amide bonds. The molecule has 1 heterocycles. The van der Waals surface area contributed by atoms with Crippen molar-refractivity contribution >= 4 is 39.7 Å². The van der Waals surface area contributed by atoms with Gasteiger partial charge in [-0.3, -0.25) is 0 Å². The van der Waals surface area contributed by atoms with Crippen LogP contribution in [0.5, 0.6) is 0 Å². The maximum atomic E-state index is 10.5. The van der Waals surface area contributed by atoms with Crippen LogP contribution in [0.25, 0.3) is 0 Å². The van der Waals surface area contributed by atoms with E-state index in [1.54, 1.807) is 0 Å². The maximum absolute atomic E-state index is 10.5. The van der Waals surface area contributed by atoms with Gasteiger partial charge >= 0.3 is 7.75 Å². The summed E-state index contributed by atoms with van der Waals surface area (Å²) in [6.45, 7) is 0. The van der Waals surface area contributed by atoms with E-state index in [0.717, 1.165) is 22.1 Å². The highest BCUT2D eigenvalue weighted by Crippen LogP contribution is 2.60. The standard InChI is InChI=1S/H2NO3PS3/c1-5(2)3-6-8-7-4-5/h(H2,1,2). The zero-order valence-corrected chi connectivity index (χ0v) is 6.82.